The standard InChI is InChI=1S/C24H22N3O3/c1-3-24(25-20-10-5-4-9-19(20)21(16-28)26-24)18-8-6-7-17(15-18)11-12-23(30)13-14-27(2)22(23)29/h4-10,15,25,30H,3,13-14H2,1-2H3/t23-,24?/m0/s1. The van der Waals surface area contributed by atoms with Crippen molar-refractivity contribution in [2.24, 2.45) is 4.99 Å². The summed E-state index contributed by atoms with van der Waals surface area (Å²) in [6, 6.07) is 15.0. The van der Waals surface area contributed by atoms with Crippen molar-refractivity contribution < 1.29 is 14.7 Å². The number of likely N-dealkylation sites (N-methyl/N-ethyl adjacent to an activating group) is 1. The van der Waals surface area contributed by atoms with Gasteiger partial charge < -0.3 is 15.3 Å². The monoisotopic (exact) mass is 400 g/mol. The van der Waals surface area contributed by atoms with Crippen LogP contribution < -0.4 is 5.32 Å². The third-order valence-electron chi connectivity index (χ3n) is 5.70. The third kappa shape index (κ3) is 3.27. The number of aliphatic hydroxyl groups is 1. The molecule has 2 aliphatic heterocycles. The fraction of sp³-hybridized carbons (Fsp3) is 0.292. The van der Waals surface area contributed by atoms with E-state index in [0.29, 0.717) is 18.5 Å². The lowest BCUT2D eigenvalue weighted by atomic mass is 9.91. The van der Waals surface area contributed by atoms with E-state index in [2.05, 4.69) is 17.2 Å². The summed E-state index contributed by atoms with van der Waals surface area (Å²) in [5, 5.41) is 14.0. The zero-order valence-corrected chi connectivity index (χ0v) is 16.9. The van der Waals surface area contributed by atoms with Gasteiger partial charge in [0.2, 0.25) is 5.60 Å². The van der Waals surface area contributed by atoms with E-state index in [-0.39, 0.29) is 18.0 Å². The van der Waals surface area contributed by atoms with Gasteiger partial charge in [0.25, 0.3) is 12.2 Å². The molecular weight excluding hydrogens is 378 g/mol. The SMILES string of the molecule is CCC1(c2cccc(C#C[C@]3(O)CCN(C)C3=O)c2)N=C([C]=O)c2ccccc2N1. The molecule has 151 valence electrons. The Labute approximate surface area is 175 Å². The van der Waals surface area contributed by atoms with Crippen LogP contribution in [0.3, 0.4) is 0 Å². The molecule has 6 nitrogen and oxygen atoms in total. The Morgan fingerprint density at radius 1 is 1.23 bits per heavy atom. The van der Waals surface area contributed by atoms with Crippen LogP contribution in [0, 0.1) is 11.8 Å². The van der Waals surface area contributed by atoms with E-state index >= 15 is 0 Å². The molecule has 1 amide bonds. The van der Waals surface area contributed by atoms with Gasteiger partial charge in [-0.05, 0) is 24.6 Å². The van der Waals surface area contributed by atoms with Crippen LogP contribution in [-0.4, -0.2) is 47.1 Å². The molecule has 0 saturated carbocycles. The number of aliphatic imine (C=N–C) groups is 1. The summed E-state index contributed by atoms with van der Waals surface area (Å²) < 4.78 is 0. The number of para-hydroxylation sites is 1. The quantitative estimate of drug-likeness (QED) is 0.774. The van der Waals surface area contributed by atoms with Gasteiger partial charge in [0, 0.05) is 42.4 Å². The summed E-state index contributed by atoms with van der Waals surface area (Å²) in [5.41, 5.74) is 0.823. The predicted octanol–water partition coefficient (Wildman–Crippen LogP) is 2.22. The van der Waals surface area contributed by atoms with Gasteiger partial charge in [-0.1, -0.05) is 49.1 Å². The highest BCUT2D eigenvalue weighted by Gasteiger charge is 2.42. The van der Waals surface area contributed by atoms with Crippen molar-refractivity contribution in [2.45, 2.75) is 31.0 Å². The molecule has 2 aromatic rings. The van der Waals surface area contributed by atoms with Crippen molar-refractivity contribution in [3.05, 3.63) is 65.2 Å². The van der Waals surface area contributed by atoms with E-state index in [1.807, 2.05) is 61.7 Å². The maximum atomic E-state index is 12.2. The number of rotatable bonds is 3. The topological polar surface area (TPSA) is 82.0 Å². The first kappa shape index (κ1) is 19.9. The number of fused-ring (bicyclic) bond motifs is 1. The van der Waals surface area contributed by atoms with Gasteiger partial charge in [-0.15, -0.1) is 0 Å². The first-order valence-corrected chi connectivity index (χ1v) is 9.88. The lowest BCUT2D eigenvalue weighted by Gasteiger charge is -2.36. The molecule has 0 aromatic heterocycles. The highest BCUT2D eigenvalue weighted by molar-refractivity contribution is 6.38. The fourth-order valence-electron chi connectivity index (χ4n) is 3.89. The highest BCUT2D eigenvalue weighted by Crippen LogP contribution is 2.37. The summed E-state index contributed by atoms with van der Waals surface area (Å²) in [7, 11) is 1.65. The highest BCUT2D eigenvalue weighted by atomic mass is 16.3. The van der Waals surface area contributed by atoms with Crippen LogP contribution in [0.25, 0.3) is 0 Å². The molecule has 2 aliphatic rings. The summed E-state index contributed by atoms with van der Waals surface area (Å²) in [6.07, 6.45) is 2.85. The maximum Gasteiger partial charge on any atom is 0.267 e. The zero-order valence-electron chi connectivity index (χ0n) is 16.9. The van der Waals surface area contributed by atoms with Gasteiger partial charge in [-0.25, -0.2) is 4.99 Å². The summed E-state index contributed by atoms with van der Waals surface area (Å²) in [5.74, 6) is 5.31. The number of nitrogens with one attached hydrogen (secondary N) is 1. The summed E-state index contributed by atoms with van der Waals surface area (Å²) in [6.45, 7) is 2.47. The van der Waals surface area contributed by atoms with E-state index in [4.69, 9.17) is 4.99 Å². The minimum atomic E-state index is -1.65. The molecule has 2 aromatic carbocycles. The minimum Gasteiger partial charge on any atom is -0.369 e. The Morgan fingerprint density at radius 2 is 2.03 bits per heavy atom. The first-order chi connectivity index (χ1) is 14.4. The van der Waals surface area contributed by atoms with Gasteiger partial charge in [0.1, 0.15) is 5.71 Å². The van der Waals surface area contributed by atoms with Crippen molar-refractivity contribution in [2.75, 3.05) is 18.9 Å². The summed E-state index contributed by atoms with van der Waals surface area (Å²) in [4.78, 5) is 29.9. The Balaban J connectivity index is 1.73. The van der Waals surface area contributed by atoms with Gasteiger partial charge in [-0.3, -0.25) is 9.59 Å². The largest absolute Gasteiger partial charge is 0.369 e. The van der Waals surface area contributed by atoms with E-state index in [1.54, 1.807) is 7.05 Å². The molecule has 2 atom stereocenters. The number of likely N-dealkylation sites (tertiary alicyclic amines) is 1. The molecule has 4 rings (SSSR count). The van der Waals surface area contributed by atoms with E-state index in [1.165, 1.54) is 4.90 Å². The number of hydrogen-bond acceptors (Lipinski definition) is 5. The fourth-order valence-corrected chi connectivity index (χ4v) is 3.89. The average Bonchev–Trinajstić information content (AvgIpc) is 3.05. The van der Waals surface area contributed by atoms with Gasteiger partial charge >= 0.3 is 0 Å². The number of hydrogen-bond donors (Lipinski definition) is 2. The average molecular weight is 400 g/mol. The third-order valence-corrected chi connectivity index (χ3v) is 5.70. The second-order valence-corrected chi connectivity index (χ2v) is 7.61. The minimum absolute atomic E-state index is 0.275. The molecule has 0 aliphatic carbocycles. The van der Waals surface area contributed by atoms with Crippen molar-refractivity contribution in [1.82, 2.24) is 4.90 Å². The number of nitrogens with zero attached hydrogens (tertiary/aromatic N) is 2. The number of benzene rings is 2. The first-order valence-electron chi connectivity index (χ1n) is 9.88. The van der Waals surface area contributed by atoms with Crippen molar-refractivity contribution in [3.8, 4) is 11.8 Å². The van der Waals surface area contributed by atoms with E-state index in [9.17, 15) is 14.7 Å². The number of carbonyl (C=O) groups excluding carboxylic acids is 2. The second-order valence-electron chi connectivity index (χ2n) is 7.61. The van der Waals surface area contributed by atoms with E-state index < -0.39 is 11.3 Å². The van der Waals surface area contributed by atoms with Gasteiger partial charge in [0.15, 0.2) is 5.66 Å². The Kier molecular flexibility index (Phi) is 4.92. The van der Waals surface area contributed by atoms with Crippen LogP contribution in [0.4, 0.5) is 5.69 Å². The number of carbonyl (C=O) groups is 1. The van der Waals surface area contributed by atoms with Crippen LogP contribution in [0.1, 0.15) is 36.5 Å². The second kappa shape index (κ2) is 7.43. The lowest BCUT2D eigenvalue weighted by molar-refractivity contribution is -0.137. The zero-order chi connectivity index (χ0) is 21.4. The Hall–Kier alpha value is -3.43. The number of anilines is 1. The van der Waals surface area contributed by atoms with Crippen molar-refractivity contribution >= 4 is 23.6 Å². The molecule has 6 heteroatoms. The molecule has 0 spiro atoms. The van der Waals surface area contributed by atoms with Gasteiger partial charge in [-0.2, -0.15) is 0 Å². The van der Waals surface area contributed by atoms with Crippen LogP contribution >= 0.6 is 0 Å². The Morgan fingerprint density at radius 3 is 2.73 bits per heavy atom. The maximum absolute atomic E-state index is 12.2. The van der Waals surface area contributed by atoms with Gasteiger partial charge in [0.05, 0.1) is 0 Å². The molecule has 2 N–H and O–H groups in total. The van der Waals surface area contributed by atoms with Crippen LogP contribution in [-0.2, 0) is 15.3 Å². The van der Waals surface area contributed by atoms with Crippen LogP contribution in [0.2, 0.25) is 0 Å². The molecule has 1 fully saturated rings. The molecule has 1 unspecified atom stereocenters. The smallest absolute Gasteiger partial charge is 0.267 e. The van der Waals surface area contributed by atoms with Crippen molar-refractivity contribution in [1.29, 1.82) is 0 Å². The lowest BCUT2D eigenvalue weighted by Crippen LogP contribution is -2.38. The molecule has 2 heterocycles. The predicted molar refractivity (Wildman–Crippen MR) is 115 cm³/mol. The summed E-state index contributed by atoms with van der Waals surface area (Å²) >= 11 is 0. The molecular formula is C24H22N3O3. The number of amides is 1. The molecule has 30 heavy (non-hydrogen) atoms. The van der Waals surface area contributed by atoms with Crippen LogP contribution in [0.15, 0.2) is 53.5 Å². The van der Waals surface area contributed by atoms with E-state index in [0.717, 1.165) is 16.8 Å². The van der Waals surface area contributed by atoms with Crippen LogP contribution in [0.5, 0.6) is 0 Å². The normalized spacial score (nSPS) is 25.0. The Bertz CT molecular complexity index is 1110. The van der Waals surface area contributed by atoms with Crippen molar-refractivity contribution in [3.63, 3.8) is 0 Å². The molecule has 1 saturated heterocycles. The molecule has 1 radical (unpaired) electrons. The molecule has 0 bridgehead atoms.